The van der Waals surface area contributed by atoms with E-state index in [2.05, 4.69) is 40.3 Å². The van der Waals surface area contributed by atoms with Crippen LogP contribution in [0.1, 0.15) is 37.2 Å². The van der Waals surface area contributed by atoms with Crippen molar-refractivity contribution >= 4 is 16.9 Å². The van der Waals surface area contributed by atoms with Crippen molar-refractivity contribution in [3.63, 3.8) is 0 Å². The largest absolute Gasteiger partial charge is 0.399 e. The van der Waals surface area contributed by atoms with Crippen molar-refractivity contribution in [3.05, 3.63) is 92.4 Å². The van der Waals surface area contributed by atoms with Crippen molar-refractivity contribution in [1.82, 2.24) is 28.5 Å². The third-order valence-electron chi connectivity index (χ3n) is 7.52. The van der Waals surface area contributed by atoms with E-state index in [1.807, 2.05) is 56.6 Å². The van der Waals surface area contributed by atoms with Gasteiger partial charge in [0.1, 0.15) is 5.82 Å². The Bertz CT molecular complexity index is 1500. The van der Waals surface area contributed by atoms with Crippen molar-refractivity contribution in [2.75, 3.05) is 46.0 Å². The minimum absolute atomic E-state index is 0.256. The van der Waals surface area contributed by atoms with Crippen LogP contribution >= 0.6 is 0 Å². The van der Waals surface area contributed by atoms with Crippen LogP contribution in [0.25, 0.3) is 11.2 Å². The molecule has 0 bridgehead atoms. The molecule has 0 aliphatic rings. The standard InChI is InChI=1S/C31H43N7O2/c1-5-35(6-2)21-22-36-27(23-25-11-8-7-9-12-25)33-29-28(36)30(39)38(19-10-18-34(3)4)31(40)37(29)20-17-24-13-15-26(32)16-14-24/h7-9,11-16H,5-6,10,17-23,32H2,1-4H3. The van der Waals surface area contributed by atoms with E-state index in [9.17, 15) is 9.59 Å². The number of nitrogens with two attached hydrogens (primary N) is 1. The SMILES string of the molecule is CCN(CC)CCn1c(Cc2ccccc2)nc2c1c(=O)n(CCCN(C)C)c(=O)n2CCc1ccc(N)cc1. The quantitative estimate of drug-likeness (QED) is 0.245. The second kappa shape index (κ2) is 13.6. The van der Waals surface area contributed by atoms with Crippen LogP contribution in [-0.4, -0.2) is 68.8 Å². The summed E-state index contributed by atoms with van der Waals surface area (Å²) in [7, 11) is 3.99. The van der Waals surface area contributed by atoms with Gasteiger partial charge in [-0.1, -0.05) is 56.3 Å². The molecule has 9 nitrogen and oxygen atoms in total. The Morgan fingerprint density at radius 1 is 0.800 bits per heavy atom. The summed E-state index contributed by atoms with van der Waals surface area (Å²) in [4.78, 5) is 37.2. The van der Waals surface area contributed by atoms with Gasteiger partial charge in [0.25, 0.3) is 5.56 Å². The summed E-state index contributed by atoms with van der Waals surface area (Å²) < 4.78 is 5.17. The van der Waals surface area contributed by atoms with Crippen molar-refractivity contribution in [1.29, 1.82) is 0 Å². The summed E-state index contributed by atoms with van der Waals surface area (Å²) in [6.45, 7) is 9.15. The third-order valence-corrected chi connectivity index (χ3v) is 7.52. The molecule has 0 saturated carbocycles. The molecule has 40 heavy (non-hydrogen) atoms. The average Bonchev–Trinajstić information content (AvgIpc) is 3.30. The number of aromatic nitrogens is 4. The van der Waals surface area contributed by atoms with Crippen molar-refractivity contribution in [2.45, 2.75) is 52.7 Å². The average molecular weight is 546 g/mol. The number of hydrogen-bond acceptors (Lipinski definition) is 6. The molecule has 9 heteroatoms. The van der Waals surface area contributed by atoms with E-state index >= 15 is 0 Å². The number of fused-ring (bicyclic) bond motifs is 1. The molecule has 0 aliphatic carbocycles. The van der Waals surface area contributed by atoms with Crippen LogP contribution in [-0.2, 0) is 32.5 Å². The zero-order chi connectivity index (χ0) is 28.6. The molecule has 0 spiro atoms. The minimum Gasteiger partial charge on any atom is -0.399 e. The first kappa shape index (κ1) is 29.3. The predicted octanol–water partition coefficient (Wildman–Crippen LogP) is 3.07. The van der Waals surface area contributed by atoms with E-state index in [-0.39, 0.29) is 11.2 Å². The number of hydrogen-bond donors (Lipinski definition) is 1. The molecule has 0 saturated heterocycles. The molecule has 2 aromatic heterocycles. The Morgan fingerprint density at radius 3 is 2.15 bits per heavy atom. The molecule has 2 aromatic carbocycles. The van der Waals surface area contributed by atoms with Crippen LogP contribution in [0.5, 0.6) is 0 Å². The molecule has 0 amide bonds. The number of nitrogens with zero attached hydrogens (tertiary/aromatic N) is 6. The second-order valence-electron chi connectivity index (χ2n) is 10.6. The minimum atomic E-state index is -0.300. The summed E-state index contributed by atoms with van der Waals surface area (Å²) in [5, 5.41) is 0. The van der Waals surface area contributed by atoms with Gasteiger partial charge in [-0.3, -0.25) is 13.9 Å². The van der Waals surface area contributed by atoms with Crippen LogP contribution in [0.15, 0.2) is 64.2 Å². The topological polar surface area (TPSA) is 94.3 Å². The van der Waals surface area contributed by atoms with Gasteiger partial charge in [-0.05, 0) is 69.8 Å². The smallest absolute Gasteiger partial charge is 0.332 e. The van der Waals surface area contributed by atoms with Crippen molar-refractivity contribution < 1.29 is 0 Å². The van der Waals surface area contributed by atoms with Gasteiger partial charge in [0, 0.05) is 38.3 Å². The highest BCUT2D eigenvalue weighted by molar-refractivity contribution is 5.71. The summed E-state index contributed by atoms with van der Waals surface area (Å²) in [6, 6.07) is 17.9. The van der Waals surface area contributed by atoms with E-state index in [1.165, 1.54) is 4.57 Å². The molecule has 0 unspecified atom stereocenters. The van der Waals surface area contributed by atoms with Crippen LogP contribution in [0.3, 0.4) is 0 Å². The monoisotopic (exact) mass is 545 g/mol. The molecule has 0 radical (unpaired) electrons. The predicted molar refractivity (Wildman–Crippen MR) is 163 cm³/mol. The molecular weight excluding hydrogens is 502 g/mol. The Hall–Kier alpha value is -3.69. The van der Waals surface area contributed by atoms with Crippen LogP contribution in [0, 0.1) is 0 Å². The molecule has 0 fully saturated rings. The molecular formula is C31H43N7O2. The van der Waals surface area contributed by atoms with Gasteiger partial charge in [-0.2, -0.15) is 0 Å². The number of rotatable bonds is 14. The highest BCUT2D eigenvalue weighted by Gasteiger charge is 2.22. The lowest BCUT2D eigenvalue weighted by Gasteiger charge is -2.19. The Balaban J connectivity index is 1.86. The maximum absolute atomic E-state index is 14.0. The summed E-state index contributed by atoms with van der Waals surface area (Å²) in [6.07, 6.45) is 1.92. The van der Waals surface area contributed by atoms with Gasteiger partial charge in [0.05, 0.1) is 0 Å². The lowest BCUT2D eigenvalue weighted by molar-refractivity contribution is 0.290. The van der Waals surface area contributed by atoms with Crippen LogP contribution in [0.2, 0.25) is 0 Å². The lowest BCUT2D eigenvalue weighted by Crippen LogP contribution is -2.41. The second-order valence-corrected chi connectivity index (χ2v) is 10.6. The van der Waals surface area contributed by atoms with Crippen LogP contribution < -0.4 is 17.0 Å². The first-order chi connectivity index (χ1) is 19.3. The highest BCUT2D eigenvalue weighted by Crippen LogP contribution is 2.17. The van der Waals surface area contributed by atoms with E-state index < -0.39 is 0 Å². The van der Waals surface area contributed by atoms with Gasteiger partial charge in [-0.15, -0.1) is 0 Å². The van der Waals surface area contributed by atoms with E-state index in [0.717, 1.165) is 43.1 Å². The Morgan fingerprint density at radius 2 is 1.50 bits per heavy atom. The number of aryl methyl sites for hydroxylation is 2. The number of anilines is 1. The fourth-order valence-corrected chi connectivity index (χ4v) is 5.14. The summed E-state index contributed by atoms with van der Waals surface area (Å²) in [5.74, 6) is 0.803. The van der Waals surface area contributed by atoms with E-state index in [0.29, 0.717) is 55.7 Å². The van der Waals surface area contributed by atoms with Gasteiger partial charge in [-0.25, -0.2) is 9.78 Å². The molecule has 0 atom stereocenters. The maximum Gasteiger partial charge on any atom is 0.332 e. The first-order valence-corrected chi connectivity index (χ1v) is 14.3. The molecule has 2 N–H and O–H groups in total. The normalized spacial score (nSPS) is 11.8. The van der Waals surface area contributed by atoms with Gasteiger partial charge in [0.2, 0.25) is 0 Å². The Kier molecular flexibility index (Phi) is 9.95. The number of benzene rings is 2. The van der Waals surface area contributed by atoms with Gasteiger partial charge in [0.15, 0.2) is 11.2 Å². The zero-order valence-electron chi connectivity index (χ0n) is 24.3. The molecule has 2 heterocycles. The van der Waals surface area contributed by atoms with Gasteiger partial charge < -0.3 is 20.1 Å². The lowest BCUT2D eigenvalue weighted by atomic mass is 10.1. The van der Waals surface area contributed by atoms with Crippen molar-refractivity contribution in [2.24, 2.45) is 0 Å². The molecule has 4 aromatic rings. The van der Waals surface area contributed by atoms with E-state index in [4.69, 9.17) is 10.7 Å². The first-order valence-electron chi connectivity index (χ1n) is 14.3. The number of nitrogen functional groups attached to an aromatic ring is 1. The molecule has 0 aliphatic heterocycles. The maximum atomic E-state index is 14.0. The zero-order valence-corrected chi connectivity index (χ0v) is 24.3. The molecule has 214 valence electrons. The van der Waals surface area contributed by atoms with Gasteiger partial charge >= 0.3 is 5.69 Å². The van der Waals surface area contributed by atoms with E-state index in [1.54, 1.807) is 4.57 Å². The van der Waals surface area contributed by atoms with Crippen LogP contribution in [0.4, 0.5) is 5.69 Å². The number of imidazole rings is 1. The third kappa shape index (κ3) is 6.89. The summed E-state index contributed by atoms with van der Waals surface area (Å²) in [5.41, 5.74) is 9.20. The highest BCUT2D eigenvalue weighted by atomic mass is 16.2. The Labute approximate surface area is 236 Å². The fourth-order valence-electron chi connectivity index (χ4n) is 5.14. The number of likely N-dealkylation sites (N-methyl/N-ethyl adjacent to an activating group) is 1. The molecule has 4 rings (SSSR count). The van der Waals surface area contributed by atoms with Crippen molar-refractivity contribution in [3.8, 4) is 0 Å². The fraction of sp³-hybridized carbons (Fsp3) is 0.452. The summed E-state index contributed by atoms with van der Waals surface area (Å²) >= 11 is 0.